The molecular formula is C22H20N2O2. The Balaban J connectivity index is 1.75. The average molecular weight is 344 g/mol. The van der Waals surface area contributed by atoms with E-state index in [0.717, 1.165) is 33.4 Å². The fourth-order valence-corrected chi connectivity index (χ4v) is 4.60. The number of rotatable bonds is 3. The van der Waals surface area contributed by atoms with Crippen molar-refractivity contribution >= 4 is 0 Å². The van der Waals surface area contributed by atoms with Crippen molar-refractivity contribution in [3.63, 3.8) is 0 Å². The first-order valence-electron chi connectivity index (χ1n) is 9.10. The standard InChI is InChI=1S/C22H20N2O2/c25-23-20(16-7-3-1-4-8-16)21(17-9-5-2-6-10-17)24(26)22(23)19-14-15-11-12-18(19)13-15/h1-12,15,18-19,25H,13-14H2/t15-,18+,19-/m1/s1. The van der Waals surface area contributed by atoms with Crippen molar-refractivity contribution in [1.29, 1.82) is 0 Å². The Labute approximate surface area is 152 Å². The fourth-order valence-electron chi connectivity index (χ4n) is 4.60. The van der Waals surface area contributed by atoms with Gasteiger partial charge in [-0.3, -0.25) is 0 Å². The Hall–Kier alpha value is -3.01. The first kappa shape index (κ1) is 15.3. The molecule has 0 saturated heterocycles. The number of imidazole rings is 1. The number of hydrogen-bond donors (Lipinski definition) is 1. The molecule has 0 aliphatic heterocycles. The zero-order valence-corrected chi connectivity index (χ0v) is 14.3. The maximum absolute atomic E-state index is 13.4. The second kappa shape index (κ2) is 5.77. The van der Waals surface area contributed by atoms with Gasteiger partial charge >= 0.3 is 5.82 Å². The molecule has 4 nitrogen and oxygen atoms in total. The van der Waals surface area contributed by atoms with E-state index in [1.807, 2.05) is 60.7 Å². The Morgan fingerprint density at radius 1 is 0.885 bits per heavy atom. The van der Waals surface area contributed by atoms with Gasteiger partial charge in [0, 0.05) is 11.1 Å². The minimum absolute atomic E-state index is 0.0624. The van der Waals surface area contributed by atoms with Gasteiger partial charge in [0.05, 0.1) is 5.92 Å². The Kier molecular flexibility index (Phi) is 3.38. The van der Waals surface area contributed by atoms with Gasteiger partial charge in [0.2, 0.25) is 5.69 Å². The summed E-state index contributed by atoms with van der Waals surface area (Å²) in [5, 5.41) is 24.4. The molecule has 1 saturated carbocycles. The van der Waals surface area contributed by atoms with Crippen LogP contribution in [0, 0.1) is 17.0 Å². The third kappa shape index (κ3) is 2.18. The summed E-state index contributed by atoms with van der Waals surface area (Å²) >= 11 is 0. The molecule has 0 radical (unpaired) electrons. The lowest BCUT2D eigenvalue weighted by molar-refractivity contribution is -0.606. The van der Waals surface area contributed by atoms with Gasteiger partial charge < -0.3 is 10.4 Å². The molecule has 0 unspecified atom stereocenters. The fraction of sp³-hybridized carbons (Fsp3) is 0.227. The zero-order valence-electron chi connectivity index (χ0n) is 14.3. The SMILES string of the molecule is [O-][n+]1c(-c2ccccc2)c(-c2ccccc2)n(O)c1[C@@H]1C[C@@H]2C=C[C@H]1C2. The van der Waals surface area contributed by atoms with Gasteiger partial charge in [-0.15, -0.1) is 0 Å². The monoisotopic (exact) mass is 344 g/mol. The van der Waals surface area contributed by atoms with Crippen LogP contribution in [0.3, 0.4) is 0 Å². The van der Waals surface area contributed by atoms with Crippen molar-refractivity contribution in [1.82, 2.24) is 4.73 Å². The van der Waals surface area contributed by atoms with Gasteiger partial charge in [-0.2, -0.15) is 0 Å². The summed E-state index contributed by atoms with van der Waals surface area (Å²) in [6.07, 6.45) is 6.46. The average Bonchev–Trinajstić information content (AvgIpc) is 3.36. The van der Waals surface area contributed by atoms with Gasteiger partial charge in [0.1, 0.15) is 0 Å². The van der Waals surface area contributed by atoms with Crippen molar-refractivity contribution in [3.05, 3.63) is 83.8 Å². The van der Waals surface area contributed by atoms with Crippen LogP contribution in [0.25, 0.3) is 22.5 Å². The summed E-state index contributed by atoms with van der Waals surface area (Å²) in [5.74, 6) is 1.39. The molecule has 1 N–H and O–H groups in total. The molecular weight excluding hydrogens is 324 g/mol. The second-order valence-electron chi connectivity index (χ2n) is 7.28. The summed E-state index contributed by atoms with van der Waals surface area (Å²) < 4.78 is 2.10. The molecule has 4 heteroatoms. The summed E-state index contributed by atoms with van der Waals surface area (Å²) in [4.78, 5) is 0. The number of fused-ring (bicyclic) bond motifs is 2. The minimum Gasteiger partial charge on any atom is -0.710 e. The van der Waals surface area contributed by atoms with E-state index in [9.17, 15) is 10.4 Å². The van der Waals surface area contributed by atoms with Crippen molar-refractivity contribution in [2.75, 3.05) is 0 Å². The van der Waals surface area contributed by atoms with E-state index >= 15 is 0 Å². The second-order valence-corrected chi connectivity index (χ2v) is 7.28. The summed E-state index contributed by atoms with van der Waals surface area (Å²) in [7, 11) is 0. The molecule has 0 amide bonds. The minimum atomic E-state index is 0.0624. The first-order chi connectivity index (χ1) is 12.7. The molecule has 3 aromatic rings. The van der Waals surface area contributed by atoms with Crippen LogP contribution in [0.1, 0.15) is 24.6 Å². The van der Waals surface area contributed by atoms with Gasteiger partial charge in [-0.25, -0.2) is 4.73 Å². The van der Waals surface area contributed by atoms with E-state index in [1.54, 1.807) is 0 Å². The highest BCUT2D eigenvalue weighted by Gasteiger charge is 2.45. The van der Waals surface area contributed by atoms with Crippen molar-refractivity contribution in [2.45, 2.75) is 18.8 Å². The quantitative estimate of drug-likeness (QED) is 0.332. The molecule has 2 bridgehead atoms. The molecule has 26 heavy (non-hydrogen) atoms. The van der Waals surface area contributed by atoms with Crippen LogP contribution < -0.4 is 4.73 Å². The van der Waals surface area contributed by atoms with E-state index in [2.05, 4.69) is 12.2 Å². The summed E-state index contributed by atoms with van der Waals surface area (Å²) in [6, 6.07) is 19.2. The molecule has 1 heterocycles. The number of nitrogens with zero attached hydrogens (tertiary/aromatic N) is 2. The Bertz CT molecular complexity index is 913. The molecule has 2 aromatic carbocycles. The van der Waals surface area contributed by atoms with Crippen LogP contribution >= 0.6 is 0 Å². The van der Waals surface area contributed by atoms with Crippen molar-refractivity contribution < 1.29 is 9.94 Å². The number of hydrogen-bond acceptors (Lipinski definition) is 2. The normalized spacial score (nSPS) is 23.6. The van der Waals surface area contributed by atoms with Crippen molar-refractivity contribution in [2.24, 2.45) is 11.8 Å². The van der Waals surface area contributed by atoms with Gasteiger partial charge in [-0.05, 0) is 29.4 Å². The Morgan fingerprint density at radius 2 is 1.54 bits per heavy atom. The van der Waals surface area contributed by atoms with Crippen LogP contribution in [0.4, 0.5) is 0 Å². The smallest absolute Gasteiger partial charge is 0.304 e. The predicted molar refractivity (Wildman–Crippen MR) is 99.5 cm³/mol. The van der Waals surface area contributed by atoms with E-state index < -0.39 is 0 Å². The van der Waals surface area contributed by atoms with E-state index in [-0.39, 0.29) is 5.92 Å². The lowest BCUT2D eigenvalue weighted by atomic mass is 9.93. The maximum Gasteiger partial charge on any atom is 0.304 e. The van der Waals surface area contributed by atoms with Gasteiger partial charge in [0.15, 0.2) is 5.69 Å². The molecule has 2 aliphatic rings. The van der Waals surface area contributed by atoms with Crippen LogP contribution in [0.5, 0.6) is 0 Å². The maximum atomic E-state index is 13.4. The van der Waals surface area contributed by atoms with Gasteiger partial charge in [0.25, 0.3) is 0 Å². The topological polar surface area (TPSA) is 52.1 Å². The lowest BCUT2D eigenvalue weighted by Crippen LogP contribution is -2.35. The van der Waals surface area contributed by atoms with Crippen LogP contribution in [0.15, 0.2) is 72.8 Å². The molecule has 5 rings (SSSR count). The molecule has 1 fully saturated rings. The third-order valence-corrected chi connectivity index (χ3v) is 5.77. The lowest BCUT2D eigenvalue weighted by Gasteiger charge is -2.16. The van der Waals surface area contributed by atoms with E-state index in [0.29, 0.717) is 29.0 Å². The largest absolute Gasteiger partial charge is 0.710 e. The molecule has 0 spiro atoms. The number of benzene rings is 2. The molecule has 1 aromatic heterocycles. The van der Waals surface area contributed by atoms with Crippen LogP contribution in [-0.4, -0.2) is 9.94 Å². The summed E-state index contributed by atoms with van der Waals surface area (Å²) in [5.41, 5.74) is 2.73. The highest BCUT2D eigenvalue weighted by Crippen LogP contribution is 2.49. The van der Waals surface area contributed by atoms with E-state index in [1.165, 1.54) is 0 Å². The van der Waals surface area contributed by atoms with E-state index in [4.69, 9.17) is 0 Å². The first-order valence-corrected chi connectivity index (χ1v) is 9.10. The highest BCUT2D eigenvalue weighted by atomic mass is 16.5. The summed E-state index contributed by atoms with van der Waals surface area (Å²) in [6.45, 7) is 0. The molecule has 3 atom stereocenters. The Morgan fingerprint density at radius 3 is 2.12 bits per heavy atom. The molecule has 2 aliphatic carbocycles. The number of aromatic nitrogens is 2. The molecule has 130 valence electrons. The van der Waals surface area contributed by atoms with Crippen molar-refractivity contribution in [3.8, 4) is 22.5 Å². The van der Waals surface area contributed by atoms with Crippen LogP contribution in [-0.2, 0) is 0 Å². The third-order valence-electron chi connectivity index (χ3n) is 5.77. The predicted octanol–water partition coefficient (Wildman–Crippen LogP) is 4.37. The highest BCUT2D eigenvalue weighted by molar-refractivity contribution is 5.76. The zero-order chi connectivity index (χ0) is 17.7. The van der Waals surface area contributed by atoms with Gasteiger partial charge in [-0.1, -0.05) is 72.8 Å². The van der Waals surface area contributed by atoms with Crippen LogP contribution in [0.2, 0.25) is 0 Å². The number of allylic oxidation sites excluding steroid dienone is 2.